The molecule has 0 saturated carbocycles. The van der Waals surface area contributed by atoms with Crippen LogP contribution in [-0.2, 0) is 0 Å². The fourth-order valence-electron chi connectivity index (χ4n) is 4.61. The molecule has 0 atom stereocenters. The zero-order chi connectivity index (χ0) is 21.5. The molecule has 1 fully saturated rings. The Balaban J connectivity index is 1.33. The second-order valence-electron chi connectivity index (χ2n) is 8.50. The second kappa shape index (κ2) is 7.77. The smallest absolute Gasteiger partial charge is 0.137 e. The van der Waals surface area contributed by atoms with Crippen molar-refractivity contribution in [1.82, 2.24) is 19.3 Å². The van der Waals surface area contributed by atoms with Crippen molar-refractivity contribution in [3.63, 3.8) is 0 Å². The molecule has 0 unspecified atom stereocenters. The van der Waals surface area contributed by atoms with Crippen LogP contribution in [0.4, 0.5) is 5.69 Å². The fourth-order valence-corrected chi connectivity index (χ4v) is 4.61. The molecule has 3 aromatic heterocycles. The molecule has 0 spiro atoms. The quantitative estimate of drug-likeness (QED) is 0.414. The molecule has 1 saturated heterocycles. The minimum atomic E-state index is 0.946. The lowest BCUT2D eigenvalue weighted by Crippen LogP contribution is -2.44. The van der Waals surface area contributed by atoms with Gasteiger partial charge in [-0.1, -0.05) is 30.3 Å². The van der Waals surface area contributed by atoms with Gasteiger partial charge in [-0.25, -0.2) is 4.98 Å². The zero-order valence-electron chi connectivity index (χ0n) is 18.1. The number of likely N-dealkylation sites (N-methyl/N-ethyl adjacent to an activating group) is 1. The van der Waals surface area contributed by atoms with Crippen LogP contribution in [0.3, 0.4) is 0 Å². The van der Waals surface area contributed by atoms with Gasteiger partial charge in [0.2, 0.25) is 0 Å². The Labute approximate surface area is 187 Å². The molecule has 5 nitrogen and oxygen atoms in total. The first kappa shape index (κ1) is 19.0. The third-order valence-electron chi connectivity index (χ3n) is 6.51. The molecule has 1 aliphatic heterocycles. The summed E-state index contributed by atoms with van der Waals surface area (Å²) in [5, 5.41) is 1.14. The molecule has 32 heavy (non-hydrogen) atoms. The average molecular weight is 420 g/mol. The monoisotopic (exact) mass is 419 g/mol. The molecule has 1 aliphatic rings. The van der Waals surface area contributed by atoms with E-state index < -0.39 is 0 Å². The van der Waals surface area contributed by atoms with E-state index in [9.17, 15) is 0 Å². The maximum Gasteiger partial charge on any atom is 0.137 e. The van der Waals surface area contributed by atoms with Crippen molar-refractivity contribution in [3.05, 3.63) is 85.3 Å². The number of fused-ring (bicyclic) bond motifs is 2. The van der Waals surface area contributed by atoms with E-state index in [1.807, 2.05) is 24.5 Å². The van der Waals surface area contributed by atoms with E-state index in [0.717, 1.165) is 54.0 Å². The van der Waals surface area contributed by atoms with Crippen LogP contribution < -0.4 is 4.90 Å². The third kappa shape index (κ3) is 3.31. The van der Waals surface area contributed by atoms with Crippen LogP contribution in [0.2, 0.25) is 0 Å². The van der Waals surface area contributed by atoms with Gasteiger partial charge in [0.1, 0.15) is 5.65 Å². The number of piperazine rings is 1. The highest BCUT2D eigenvalue weighted by Crippen LogP contribution is 2.30. The first-order valence-electron chi connectivity index (χ1n) is 11.1. The molecule has 4 heterocycles. The van der Waals surface area contributed by atoms with Gasteiger partial charge in [0.05, 0.1) is 17.4 Å². The summed E-state index contributed by atoms with van der Waals surface area (Å²) in [4.78, 5) is 14.1. The summed E-state index contributed by atoms with van der Waals surface area (Å²) < 4.78 is 2.16. The van der Waals surface area contributed by atoms with Gasteiger partial charge >= 0.3 is 0 Å². The van der Waals surface area contributed by atoms with Crippen molar-refractivity contribution in [1.29, 1.82) is 0 Å². The molecule has 5 heteroatoms. The predicted molar refractivity (Wildman–Crippen MR) is 131 cm³/mol. The van der Waals surface area contributed by atoms with E-state index in [2.05, 4.69) is 87.0 Å². The molecule has 0 bridgehead atoms. The molecule has 0 amide bonds. The largest absolute Gasteiger partial charge is 0.369 e. The van der Waals surface area contributed by atoms with Crippen molar-refractivity contribution in [3.8, 4) is 22.4 Å². The Morgan fingerprint density at radius 1 is 0.781 bits per heavy atom. The lowest BCUT2D eigenvalue weighted by Gasteiger charge is -2.34. The second-order valence-corrected chi connectivity index (χ2v) is 8.50. The highest BCUT2D eigenvalue weighted by atomic mass is 15.2. The van der Waals surface area contributed by atoms with Gasteiger partial charge in [0.15, 0.2) is 0 Å². The maximum atomic E-state index is 4.72. The van der Waals surface area contributed by atoms with Crippen molar-refractivity contribution in [2.75, 3.05) is 38.1 Å². The maximum absolute atomic E-state index is 4.72. The van der Waals surface area contributed by atoms with E-state index in [0.29, 0.717) is 0 Å². The van der Waals surface area contributed by atoms with Gasteiger partial charge in [0, 0.05) is 55.2 Å². The number of hydrogen-bond acceptors (Lipinski definition) is 4. The first-order valence-corrected chi connectivity index (χ1v) is 11.1. The van der Waals surface area contributed by atoms with E-state index in [-0.39, 0.29) is 0 Å². The minimum Gasteiger partial charge on any atom is -0.369 e. The van der Waals surface area contributed by atoms with Gasteiger partial charge in [-0.3, -0.25) is 9.38 Å². The lowest BCUT2D eigenvalue weighted by atomic mass is 10.1. The number of benzene rings is 2. The molecular formula is C27H25N5. The predicted octanol–water partition coefficient (Wildman–Crippen LogP) is 4.97. The SMILES string of the molecule is CN1CCN(c2ccc(-c3ccn4c(-c5ccnc6ccccc56)cnc4c3)cc2)CC1. The molecule has 158 valence electrons. The minimum absolute atomic E-state index is 0.946. The van der Waals surface area contributed by atoms with Crippen molar-refractivity contribution < 1.29 is 0 Å². The highest BCUT2D eigenvalue weighted by molar-refractivity contribution is 5.93. The lowest BCUT2D eigenvalue weighted by molar-refractivity contribution is 0.313. The molecule has 5 aromatic rings. The molecule has 0 radical (unpaired) electrons. The van der Waals surface area contributed by atoms with Crippen LogP contribution in [0.15, 0.2) is 85.3 Å². The van der Waals surface area contributed by atoms with Crippen LogP contribution in [-0.4, -0.2) is 52.5 Å². The van der Waals surface area contributed by atoms with Crippen molar-refractivity contribution in [2.24, 2.45) is 0 Å². The summed E-state index contributed by atoms with van der Waals surface area (Å²) >= 11 is 0. The summed E-state index contributed by atoms with van der Waals surface area (Å²) in [5.41, 5.74) is 7.86. The van der Waals surface area contributed by atoms with Gasteiger partial charge in [-0.2, -0.15) is 0 Å². The van der Waals surface area contributed by atoms with Crippen molar-refractivity contribution >= 4 is 22.2 Å². The van der Waals surface area contributed by atoms with Gasteiger partial charge < -0.3 is 9.80 Å². The number of imidazole rings is 1. The Hall–Kier alpha value is -3.70. The summed E-state index contributed by atoms with van der Waals surface area (Å²) in [7, 11) is 2.19. The highest BCUT2D eigenvalue weighted by Gasteiger charge is 2.15. The van der Waals surface area contributed by atoms with E-state index in [4.69, 9.17) is 4.98 Å². The zero-order valence-corrected chi connectivity index (χ0v) is 18.1. The van der Waals surface area contributed by atoms with Crippen LogP contribution in [0.1, 0.15) is 0 Å². The fraction of sp³-hybridized carbons (Fsp3) is 0.185. The van der Waals surface area contributed by atoms with E-state index >= 15 is 0 Å². The number of para-hydroxylation sites is 1. The topological polar surface area (TPSA) is 36.7 Å². The number of nitrogens with zero attached hydrogens (tertiary/aromatic N) is 5. The molecule has 6 rings (SSSR count). The number of hydrogen-bond donors (Lipinski definition) is 0. The summed E-state index contributed by atoms with van der Waals surface area (Å²) in [6, 6.07) is 23.6. The summed E-state index contributed by atoms with van der Waals surface area (Å²) in [6.45, 7) is 4.41. The first-order chi connectivity index (χ1) is 15.8. The number of pyridine rings is 2. The standard InChI is InChI=1S/C27H25N5/c1-30-14-16-31(17-15-30)22-8-6-20(7-9-22)21-11-13-32-26(19-29-27(32)18-21)24-10-12-28-25-5-3-2-4-23(24)25/h2-13,18-19H,14-17H2,1H3. The van der Waals surface area contributed by atoms with Crippen molar-refractivity contribution in [2.45, 2.75) is 0 Å². The number of aromatic nitrogens is 3. The molecular weight excluding hydrogens is 394 g/mol. The normalized spacial score (nSPS) is 15.0. The molecule has 0 N–H and O–H groups in total. The Kier molecular flexibility index (Phi) is 4.62. The van der Waals surface area contributed by atoms with Crippen LogP contribution in [0.5, 0.6) is 0 Å². The summed E-state index contributed by atoms with van der Waals surface area (Å²) in [5.74, 6) is 0. The van der Waals surface area contributed by atoms with Crippen LogP contribution in [0.25, 0.3) is 38.9 Å². The Morgan fingerprint density at radius 3 is 2.44 bits per heavy atom. The Bertz CT molecular complexity index is 1390. The van der Waals surface area contributed by atoms with Gasteiger partial charge in [-0.05, 0) is 54.6 Å². The molecule has 0 aliphatic carbocycles. The Morgan fingerprint density at radius 2 is 1.59 bits per heavy atom. The van der Waals surface area contributed by atoms with Gasteiger partial charge in [0.25, 0.3) is 0 Å². The average Bonchev–Trinajstić information content (AvgIpc) is 3.27. The molecule has 2 aromatic carbocycles. The number of rotatable bonds is 3. The third-order valence-corrected chi connectivity index (χ3v) is 6.51. The van der Waals surface area contributed by atoms with Crippen LogP contribution in [0, 0.1) is 0 Å². The van der Waals surface area contributed by atoms with Gasteiger partial charge in [-0.15, -0.1) is 0 Å². The summed E-state index contributed by atoms with van der Waals surface area (Å²) in [6.07, 6.45) is 5.95. The number of anilines is 1. The van der Waals surface area contributed by atoms with Crippen LogP contribution >= 0.6 is 0 Å². The van der Waals surface area contributed by atoms with E-state index in [1.54, 1.807) is 0 Å². The van der Waals surface area contributed by atoms with E-state index in [1.165, 1.54) is 16.8 Å².